The summed E-state index contributed by atoms with van der Waals surface area (Å²) in [4.78, 5) is 14.1. The molecular formula is C15H26N2O2. The molecular weight excluding hydrogens is 240 g/mol. The van der Waals surface area contributed by atoms with Gasteiger partial charge in [0.25, 0.3) is 0 Å². The smallest absolute Gasteiger partial charge is 0.224 e. The van der Waals surface area contributed by atoms with Crippen LogP contribution in [0.25, 0.3) is 0 Å². The quantitative estimate of drug-likeness (QED) is 0.845. The van der Waals surface area contributed by atoms with Crippen LogP contribution in [-0.2, 0) is 9.53 Å². The lowest BCUT2D eigenvalue weighted by atomic mass is 9.93. The lowest BCUT2D eigenvalue weighted by Crippen LogP contribution is -2.48. The van der Waals surface area contributed by atoms with Crippen molar-refractivity contribution in [2.24, 2.45) is 0 Å². The molecule has 1 amide bonds. The van der Waals surface area contributed by atoms with Crippen LogP contribution in [-0.4, -0.2) is 46.7 Å². The van der Waals surface area contributed by atoms with Gasteiger partial charge < -0.3 is 15.0 Å². The van der Waals surface area contributed by atoms with E-state index in [0.717, 1.165) is 13.0 Å². The van der Waals surface area contributed by atoms with Gasteiger partial charge in [0.05, 0.1) is 11.2 Å². The third kappa shape index (κ3) is 2.65. The largest absolute Gasteiger partial charge is 0.368 e. The van der Waals surface area contributed by atoms with Crippen LogP contribution in [0.4, 0.5) is 0 Å². The zero-order chi connectivity index (χ0) is 13.8. The molecule has 0 aromatic heterocycles. The highest BCUT2D eigenvalue weighted by atomic mass is 16.5. The van der Waals surface area contributed by atoms with Crippen molar-refractivity contribution in [2.45, 2.75) is 82.7 Å². The van der Waals surface area contributed by atoms with E-state index in [-0.39, 0.29) is 11.2 Å². The Morgan fingerprint density at radius 1 is 1.26 bits per heavy atom. The normalized spacial score (nSPS) is 37.1. The summed E-state index contributed by atoms with van der Waals surface area (Å²) in [7, 11) is 0. The first-order valence-electron chi connectivity index (χ1n) is 7.52. The SMILES string of the molecule is CC1(C)C[C@@H](N[C@H]2CC(=O)N(C3CC3)C2)C(C)(C)O1. The maximum absolute atomic E-state index is 12.0. The van der Waals surface area contributed by atoms with Crippen LogP contribution in [0.5, 0.6) is 0 Å². The molecule has 0 spiro atoms. The van der Waals surface area contributed by atoms with Gasteiger partial charge in [0.15, 0.2) is 0 Å². The van der Waals surface area contributed by atoms with E-state index in [0.29, 0.717) is 30.5 Å². The van der Waals surface area contributed by atoms with Crippen LogP contribution < -0.4 is 5.32 Å². The first-order valence-corrected chi connectivity index (χ1v) is 7.52. The Morgan fingerprint density at radius 3 is 2.47 bits per heavy atom. The van der Waals surface area contributed by atoms with E-state index in [1.807, 2.05) is 0 Å². The molecule has 2 atom stereocenters. The molecule has 0 radical (unpaired) electrons. The van der Waals surface area contributed by atoms with Gasteiger partial charge in [-0.3, -0.25) is 4.79 Å². The van der Waals surface area contributed by atoms with E-state index < -0.39 is 0 Å². The molecule has 3 fully saturated rings. The van der Waals surface area contributed by atoms with Gasteiger partial charge in [-0.2, -0.15) is 0 Å². The summed E-state index contributed by atoms with van der Waals surface area (Å²) in [5.41, 5.74) is -0.223. The number of amides is 1. The van der Waals surface area contributed by atoms with Crippen molar-refractivity contribution < 1.29 is 9.53 Å². The van der Waals surface area contributed by atoms with Crippen molar-refractivity contribution in [2.75, 3.05) is 6.54 Å². The molecule has 3 aliphatic rings. The summed E-state index contributed by atoms with van der Waals surface area (Å²) in [6, 6.07) is 1.18. The van der Waals surface area contributed by atoms with Crippen LogP contribution in [0, 0.1) is 0 Å². The Hall–Kier alpha value is -0.610. The maximum Gasteiger partial charge on any atom is 0.224 e. The van der Waals surface area contributed by atoms with Crippen molar-refractivity contribution in [3.63, 3.8) is 0 Å². The third-order valence-corrected chi connectivity index (χ3v) is 4.66. The Balaban J connectivity index is 1.61. The van der Waals surface area contributed by atoms with Crippen molar-refractivity contribution in [1.82, 2.24) is 10.2 Å². The molecule has 0 aromatic rings. The van der Waals surface area contributed by atoms with Gasteiger partial charge in [-0.05, 0) is 47.0 Å². The molecule has 19 heavy (non-hydrogen) atoms. The highest BCUT2D eigenvalue weighted by Gasteiger charge is 2.48. The molecule has 1 N–H and O–H groups in total. The minimum absolute atomic E-state index is 0.0695. The van der Waals surface area contributed by atoms with Crippen LogP contribution in [0.1, 0.15) is 53.4 Å². The molecule has 2 aliphatic heterocycles. The topological polar surface area (TPSA) is 41.6 Å². The number of nitrogens with one attached hydrogen (secondary N) is 1. The number of carbonyl (C=O) groups is 1. The number of nitrogens with zero attached hydrogens (tertiary/aromatic N) is 1. The minimum Gasteiger partial charge on any atom is -0.368 e. The third-order valence-electron chi connectivity index (χ3n) is 4.66. The van der Waals surface area contributed by atoms with E-state index in [4.69, 9.17) is 4.74 Å². The Kier molecular flexibility index (Phi) is 2.95. The predicted molar refractivity (Wildman–Crippen MR) is 73.9 cm³/mol. The zero-order valence-electron chi connectivity index (χ0n) is 12.5. The van der Waals surface area contributed by atoms with Gasteiger partial charge in [0, 0.05) is 31.1 Å². The van der Waals surface area contributed by atoms with E-state index in [1.54, 1.807) is 0 Å². The summed E-state index contributed by atoms with van der Waals surface area (Å²) < 4.78 is 6.11. The molecule has 3 rings (SSSR count). The van der Waals surface area contributed by atoms with Gasteiger partial charge in [-0.25, -0.2) is 0 Å². The van der Waals surface area contributed by atoms with Crippen LogP contribution in [0.3, 0.4) is 0 Å². The van der Waals surface area contributed by atoms with E-state index >= 15 is 0 Å². The van der Waals surface area contributed by atoms with Crippen molar-refractivity contribution >= 4 is 5.91 Å². The Bertz CT molecular complexity index is 388. The van der Waals surface area contributed by atoms with E-state index in [2.05, 4.69) is 37.9 Å². The highest BCUT2D eigenvalue weighted by Crippen LogP contribution is 2.38. The molecule has 2 saturated heterocycles. The average Bonchev–Trinajstić information content (AvgIpc) is 2.97. The summed E-state index contributed by atoms with van der Waals surface area (Å²) in [5, 5.41) is 3.68. The van der Waals surface area contributed by atoms with Crippen molar-refractivity contribution in [3.8, 4) is 0 Å². The number of ether oxygens (including phenoxy) is 1. The van der Waals surface area contributed by atoms with E-state index in [9.17, 15) is 4.79 Å². The number of rotatable bonds is 3. The molecule has 4 heteroatoms. The fraction of sp³-hybridized carbons (Fsp3) is 0.933. The fourth-order valence-electron chi connectivity index (χ4n) is 3.69. The van der Waals surface area contributed by atoms with Gasteiger partial charge in [0.1, 0.15) is 0 Å². The molecule has 4 nitrogen and oxygen atoms in total. The highest BCUT2D eigenvalue weighted by molar-refractivity contribution is 5.80. The number of hydrogen-bond acceptors (Lipinski definition) is 3. The molecule has 0 bridgehead atoms. The summed E-state index contributed by atoms with van der Waals surface area (Å²) in [5.74, 6) is 0.330. The summed E-state index contributed by atoms with van der Waals surface area (Å²) in [6.07, 6.45) is 4.06. The lowest BCUT2D eigenvalue weighted by molar-refractivity contribution is -0.128. The number of hydrogen-bond donors (Lipinski definition) is 1. The second kappa shape index (κ2) is 4.19. The maximum atomic E-state index is 12.0. The number of carbonyl (C=O) groups excluding carboxylic acids is 1. The molecule has 2 heterocycles. The summed E-state index contributed by atoms with van der Waals surface area (Å²) >= 11 is 0. The van der Waals surface area contributed by atoms with Gasteiger partial charge in [0.2, 0.25) is 5.91 Å². The first-order chi connectivity index (χ1) is 8.77. The zero-order valence-corrected chi connectivity index (χ0v) is 12.5. The first kappa shape index (κ1) is 13.4. The molecule has 1 aliphatic carbocycles. The van der Waals surface area contributed by atoms with Crippen molar-refractivity contribution in [1.29, 1.82) is 0 Å². The van der Waals surface area contributed by atoms with Crippen molar-refractivity contribution in [3.05, 3.63) is 0 Å². The fourth-order valence-corrected chi connectivity index (χ4v) is 3.69. The van der Waals surface area contributed by atoms with Crippen LogP contribution in [0.15, 0.2) is 0 Å². The van der Waals surface area contributed by atoms with Gasteiger partial charge in [-0.15, -0.1) is 0 Å². The van der Waals surface area contributed by atoms with Gasteiger partial charge in [-0.1, -0.05) is 0 Å². The standard InChI is InChI=1S/C15H26N2O2/c1-14(2)8-12(15(3,4)19-14)16-10-7-13(18)17(9-10)11-5-6-11/h10-12,16H,5-9H2,1-4H3/t10-,12+/m0/s1. The molecule has 108 valence electrons. The minimum atomic E-state index is -0.153. The molecule has 0 unspecified atom stereocenters. The Morgan fingerprint density at radius 2 is 1.95 bits per heavy atom. The Labute approximate surface area is 115 Å². The van der Waals surface area contributed by atoms with Crippen LogP contribution in [0.2, 0.25) is 0 Å². The van der Waals surface area contributed by atoms with Gasteiger partial charge >= 0.3 is 0 Å². The lowest BCUT2D eigenvalue weighted by Gasteiger charge is -2.29. The average molecular weight is 266 g/mol. The van der Waals surface area contributed by atoms with Crippen LogP contribution >= 0.6 is 0 Å². The second-order valence-corrected chi connectivity index (χ2v) is 7.57. The number of likely N-dealkylation sites (tertiary alicyclic amines) is 1. The monoisotopic (exact) mass is 266 g/mol. The second-order valence-electron chi connectivity index (χ2n) is 7.57. The summed E-state index contributed by atoms with van der Waals surface area (Å²) in [6.45, 7) is 9.47. The molecule has 1 saturated carbocycles. The van der Waals surface area contributed by atoms with E-state index in [1.165, 1.54) is 12.8 Å². The molecule has 0 aromatic carbocycles. The predicted octanol–water partition coefficient (Wildman–Crippen LogP) is 1.69.